The lowest BCUT2D eigenvalue weighted by atomic mass is 9.84. The molecular weight excluding hydrogens is 246 g/mol. The fourth-order valence-electron chi connectivity index (χ4n) is 2.72. The molecule has 0 bridgehead atoms. The highest BCUT2D eigenvalue weighted by Gasteiger charge is 2.21. The number of nitrogens with zero attached hydrogens (tertiary/aromatic N) is 2. The van der Waals surface area contributed by atoms with Crippen molar-refractivity contribution in [3.63, 3.8) is 0 Å². The van der Waals surface area contributed by atoms with E-state index >= 15 is 0 Å². The maximum absolute atomic E-state index is 6.10. The predicted molar refractivity (Wildman–Crippen MR) is 76.2 cm³/mol. The third kappa shape index (κ3) is 3.14. The minimum Gasteiger partial charge on any atom is -0.367 e. The summed E-state index contributed by atoms with van der Waals surface area (Å²) in [5.41, 5.74) is 0.959. The highest BCUT2D eigenvalue weighted by molar-refractivity contribution is 6.30. The molecular formula is C14H22ClN3. The van der Waals surface area contributed by atoms with Crippen LogP contribution in [0.25, 0.3) is 0 Å². The minimum absolute atomic E-state index is 0.535. The first kappa shape index (κ1) is 13.6. The molecule has 0 aliphatic heterocycles. The standard InChI is InChI=1S/C14H22ClN3/c1-4-11-6-5-7-12(8-11)18-14-9(2)13(15)16-10(3)17-14/h11-12H,4-8H2,1-3H3,(H,16,17,18). The van der Waals surface area contributed by atoms with Gasteiger partial charge in [-0.3, -0.25) is 0 Å². The largest absolute Gasteiger partial charge is 0.367 e. The fraction of sp³-hybridized carbons (Fsp3) is 0.714. The second-order valence-corrected chi connectivity index (χ2v) is 5.68. The summed E-state index contributed by atoms with van der Waals surface area (Å²) in [4.78, 5) is 8.64. The van der Waals surface area contributed by atoms with Crippen molar-refractivity contribution in [3.8, 4) is 0 Å². The van der Waals surface area contributed by atoms with Crippen LogP contribution in [0.3, 0.4) is 0 Å². The van der Waals surface area contributed by atoms with E-state index in [2.05, 4.69) is 22.2 Å². The van der Waals surface area contributed by atoms with Crippen LogP contribution in [0, 0.1) is 19.8 Å². The van der Waals surface area contributed by atoms with E-state index in [1.165, 1.54) is 32.1 Å². The third-order valence-corrected chi connectivity index (χ3v) is 4.27. The molecule has 0 amide bonds. The SMILES string of the molecule is CCC1CCCC(Nc2nc(C)nc(Cl)c2C)C1. The molecule has 1 aromatic rings. The van der Waals surface area contributed by atoms with Gasteiger partial charge in [0.1, 0.15) is 16.8 Å². The number of halogens is 1. The van der Waals surface area contributed by atoms with E-state index in [0.29, 0.717) is 11.2 Å². The molecule has 2 unspecified atom stereocenters. The van der Waals surface area contributed by atoms with E-state index in [1.807, 2.05) is 13.8 Å². The average molecular weight is 268 g/mol. The molecule has 1 aliphatic rings. The summed E-state index contributed by atoms with van der Waals surface area (Å²) in [6, 6.07) is 0.535. The molecule has 1 saturated carbocycles. The highest BCUT2D eigenvalue weighted by Crippen LogP contribution is 2.29. The van der Waals surface area contributed by atoms with Gasteiger partial charge in [0.15, 0.2) is 0 Å². The molecule has 1 heterocycles. The number of hydrogen-bond donors (Lipinski definition) is 1. The molecule has 1 fully saturated rings. The average Bonchev–Trinajstić information content (AvgIpc) is 2.35. The molecule has 2 rings (SSSR count). The Morgan fingerprint density at radius 2 is 2.06 bits per heavy atom. The molecule has 2 atom stereocenters. The smallest absolute Gasteiger partial charge is 0.137 e. The molecule has 1 aromatic heterocycles. The number of hydrogen-bond acceptors (Lipinski definition) is 3. The third-order valence-electron chi connectivity index (χ3n) is 3.90. The van der Waals surface area contributed by atoms with Gasteiger partial charge in [0.05, 0.1) is 0 Å². The van der Waals surface area contributed by atoms with Crippen LogP contribution in [0.4, 0.5) is 5.82 Å². The van der Waals surface area contributed by atoms with Gasteiger partial charge in [-0.05, 0) is 32.6 Å². The van der Waals surface area contributed by atoms with Gasteiger partial charge in [-0.15, -0.1) is 0 Å². The van der Waals surface area contributed by atoms with Gasteiger partial charge in [0.25, 0.3) is 0 Å². The van der Waals surface area contributed by atoms with Crippen molar-refractivity contribution in [1.82, 2.24) is 9.97 Å². The fourth-order valence-corrected chi connectivity index (χ4v) is 2.93. The Balaban J connectivity index is 2.09. The molecule has 1 N–H and O–H groups in total. The van der Waals surface area contributed by atoms with Crippen LogP contribution in [0.2, 0.25) is 5.15 Å². The zero-order valence-electron chi connectivity index (χ0n) is 11.5. The second kappa shape index (κ2) is 5.87. The summed E-state index contributed by atoms with van der Waals surface area (Å²) in [7, 11) is 0. The van der Waals surface area contributed by atoms with Crippen LogP contribution in [-0.4, -0.2) is 16.0 Å². The first-order valence-corrected chi connectivity index (χ1v) is 7.25. The number of nitrogens with one attached hydrogen (secondary N) is 1. The van der Waals surface area contributed by atoms with Crippen molar-refractivity contribution in [2.75, 3.05) is 5.32 Å². The first-order valence-electron chi connectivity index (χ1n) is 6.87. The van der Waals surface area contributed by atoms with Gasteiger partial charge in [-0.25, -0.2) is 9.97 Å². The number of aryl methyl sites for hydroxylation is 1. The molecule has 100 valence electrons. The van der Waals surface area contributed by atoms with E-state index in [4.69, 9.17) is 11.6 Å². The summed E-state index contributed by atoms with van der Waals surface area (Å²) >= 11 is 6.10. The summed E-state index contributed by atoms with van der Waals surface area (Å²) in [6.07, 6.45) is 6.44. The van der Waals surface area contributed by atoms with E-state index < -0.39 is 0 Å². The van der Waals surface area contributed by atoms with Crippen molar-refractivity contribution >= 4 is 17.4 Å². The quantitative estimate of drug-likeness (QED) is 0.837. The number of anilines is 1. The Morgan fingerprint density at radius 3 is 2.78 bits per heavy atom. The molecule has 0 saturated heterocycles. The van der Waals surface area contributed by atoms with E-state index in [0.717, 1.165) is 23.1 Å². The molecule has 0 radical (unpaired) electrons. The Morgan fingerprint density at radius 1 is 1.28 bits per heavy atom. The summed E-state index contributed by atoms with van der Waals surface area (Å²) in [5.74, 6) is 2.50. The predicted octanol–water partition coefficient (Wildman–Crippen LogP) is 4.13. The van der Waals surface area contributed by atoms with Gasteiger partial charge in [0.2, 0.25) is 0 Å². The first-order chi connectivity index (χ1) is 8.60. The van der Waals surface area contributed by atoms with Crippen LogP contribution in [0.5, 0.6) is 0 Å². The van der Waals surface area contributed by atoms with Crippen LogP contribution >= 0.6 is 11.6 Å². The molecule has 18 heavy (non-hydrogen) atoms. The second-order valence-electron chi connectivity index (χ2n) is 5.32. The van der Waals surface area contributed by atoms with E-state index in [9.17, 15) is 0 Å². The maximum atomic E-state index is 6.10. The Bertz CT molecular complexity index is 420. The highest BCUT2D eigenvalue weighted by atomic mass is 35.5. The lowest BCUT2D eigenvalue weighted by Crippen LogP contribution is -2.28. The Kier molecular flexibility index (Phi) is 4.44. The van der Waals surface area contributed by atoms with Gasteiger partial charge in [-0.2, -0.15) is 0 Å². The normalized spacial score (nSPS) is 24.0. The molecule has 1 aliphatic carbocycles. The summed E-state index contributed by atoms with van der Waals surface area (Å²) < 4.78 is 0. The van der Waals surface area contributed by atoms with Crippen molar-refractivity contribution < 1.29 is 0 Å². The van der Waals surface area contributed by atoms with Gasteiger partial charge in [-0.1, -0.05) is 37.8 Å². The minimum atomic E-state index is 0.535. The molecule has 0 aromatic carbocycles. The van der Waals surface area contributed by atoms with Crippen molar-refractivity contribution in [2.24, 2.45) is 5.92 Å². The van der Waals surface area contributed by atoms with Crippen LogP contribution < -0.4 is 5.32 Å². The van der Waals surface area contributed by atoms with E-state index in [-0.39, 0.29) is 0 Å². The van der Waals surface area contributed by atoms with Gasteiger partial charge < -0.3 is 5.32 Å². The van der Waals surface area contributed by atoms with Gasteiger partial charge in [0, 0.05) is 11.6 Å². The Labute approximate surface area is 114 Å². The monoisotopic (exact) mass is 267 g/mol. The summed E-state index contributed by atoms with van der Waals surface area (Å²) in [6.45, 7) is 6.14. The van der Waals surface area contributed by atoms with Gasteiger partial charge >= 0.3 is 0 Å². The molecule has 3 nitrogen and oxygen atoms in total. The maximum Gasteiger partial charge on any atom is 0.137 e. The van der Waals surface area contributed by atoms with Crippen molar-refractivity contribution in [3.05, 3.63) is 16.5 Å². The van der Waals surface area contributed by atoms with Crippen molar-refractivity contribution in [2.45, 2.75) is 58.9 Å². The van der Waals surface area contributed by atoms with Crippen LogP contribution in [-0.2, 0) is 0 Å². The van der Waals surface area contributed by atoms with Crippen LogP contribution in [0.15, 0.2) is 0 Å². The number of aromatic nitrogens is 2. The lowest BCUT2D eigenvalue weighted by Gasteiger charge is -2.30. The van der Waals surface area contributed by atoms with Crippen molar-refractivity contribution in [1.29, 1.82) is 0 Å². The zero-order chi connectivity index (χ0) is 13.1. The molecule has 4 heteroatoms. The lowest BCUT2D eigenvalue weighted by molar-refractivity contribution is 0.327. The topological polar surface area (TPSA) is 37.8 Å². The summed E-state index contributed by atoms with van der Waals surface area (Å²) in [5, 5.41) is 4.12. The van der Waals surface area contributed by atoms with E-state index in [1.54, 1.807) is 0 Å². The zero-order valence-corrected chi connectivity index (χ0v) is 12.2. The number of rotatable bonds is 3. The molecule has 0 spiro atoms. The van der Waals surface area contributed by atoms with Crippen LogP contribution in [0.1, 0.15) is 50.4 Å². The Hall–Kier alpha value is -0.830.